The first-order valence-corrected chi connectivity index (χ1v) is 6.11. The second-order valence-corrected chi connectivity index (χ2v) is 4.55. The summed E-state index contributed by atoms with van der Waals surface area (Å²) in [6.07, 6.45) is 5.59. The average molecular weight is 224 g/mol. The van der Waals surface area contributed by atoms with Crippen LogP contribution >= 0.6 is 0 Å². The predicted octanol–water partition coefficient (Wildman–Crippen LogP) is 3.34. The molecule has 0 fully saturated rings. The molecule has 0 amide bonds. The first-order chi connectivity index (χ1) is 8.34. The first-order valence-electron chi connectivity index (χ1n) is 6.11. The van der Waals surface area contributed by atoms with Gasteiger partial charge in [0.1, 0.15) is 5.82 Å². The fourth-order valence-electron chi connectivity index (χ4n) is 2.45. The topological polar surface area (TPSA) is 16.1 Å². The molecule has 0 saturated heterocycles. The Morgan fingerprint density at radius 2 is 1.94 bits per heavy atom. The quantitative estimate of drug-likeness (QED) is 0.777. The van der Waals surface area contributed by atoms with E-state index in [0.29, 0.717) is 0 Å². The van der Waals surface area contributed by atoms with Crippen LogP contribution in [0.2, 0.25) is 0 Å². The molecule has 1 aromatic carbocycles. The molecular weight excluding hydrogens is 208 g/mol. The van der Waals surface area contributed by atoms with Crippen molar-refractivity contribution >= 4 is 11.5 Å². The largest absolute Gasteiger partial charge is 0.329 e. The maximum Gasteiger partial charge on any atom is 0.132 e. The van der Waals surface area contributed by atoms with Crippen molar-refractivity contribution in [2.45, 2.75) is 19.3 Å². The van der Waals surface area contributed by atoms with Crippen LogP contribution in [-0.4, -0.2) is 12.0 Å². The van der Waals surface area contributed by atoms with E-state index in [1.165, 1.54) is 36.1 Å². The van der Waals surface area contributed by atoms with Gasteiger partial charge in [-0.25, -0.2) is 4.98 Å². The number of aromatic nitrogens is 1. The molecule has 0 saturated carbocycles. The third-order valence-corrected chi connectivity index (χ3v) is 3.46. The van der Waals surface area contributed by atoms with Crippen LogP contribution in [-0.2, 0) is 12.8 Å². The fourth-order valence-corrected chi connectivity index (χ4v) is 2.45. The Labute approximate surface area is 102 Å². The van der Waals surface area contributed by atoms with Crippen LogP contribution in [0.5, 0.6) is 0 Å². The van der Waals surface area contributed by atoms with Gasteiger partial charge in [0.15, 0.2) is 0 Å². The molecule has 0 bridgehead atoms. The second kappa shape index (κ2) is 4.21. The van der Waals surface area contributed by atoms with E-state index in [2.05, 4.69) is 35.1 Å². The van der Waals surface area contributed by atoms with Gasteiger partial charge in [0.25, 0.3) is 0 Å². The molecule has 17 heavy (non-hydrogen) atoms. The normalized spacial score (nSPS) is 13.5. The van der Waals surface area contributed by atoms with Gasteiger partial charge in [-0.2, -0.15) is 0 Å². The highest BCUT2D eigenvalue weighted by molar-refractivity contribution is 5.61. The van der Waals surface area contributed by atoms with Gasteiger partial charge in [-0.1, -0.05) is 12.1 Å². The maximum absolute atomic E-state index is 4.37. The molecule has 0 radical (unpaired) electrons. The van der Waals surface area contributed by atoms with Gasteiger partial charge in [0.2, 0.25) is 0 Å². The number of nitrogens with zero attached hydrogens (tertiary/aromatic N) is 2. The summed E-state index contributed by atoms with van der Waals surface area (Å²) in [6.45, 7) is 0. The molecule has 2 aromatic rings. The summed E-state index contributed by atoms with van der Waals surface area (Å²) >= 11 is 0. The Bertz CT molecular complexity index is 520. The molecule has 0 atom stereocenters. The molecule has 2 nitrogen and oxygen atoms in total. The highest BCUT2D eigenvalue weighted by Gasteiger charge is 2.12. The van der Waals surface area contributed by atoms with E-state index in [-0.39, 0.29) is 0 Å². The van der Waals surface area contributed by atoms with Crippen LogP contribution in [0.4, 0.5) is 11.5 Å². The molecule has 86 valence electrons. The van der Waals surface area contributed by atoms with Crippen molar-refractivity contribution in [1.29, 1.82) is 0 Å². The first kappa shape index (κ1) is 10.3. The highest BCUT2D eigenvalue weighted by Crippen LogP contribution is 2.28. The molecule has 0 spiro atoms. The second-order valence-electron chi connectivity index (χ2n) is 4.55. The van der Waals surface area contributed by atoms with Crippen molar-refractivity contribution in [1.82, 2.24) is 4.98 Å². The molecule has 1 aromatic heterocycles. The lowest BCUT2D eigenvalue weighted by atomic mass is 10.1. The summed E-state index contributed by atoms with van der Waals surface area (Å²) in [7, 11) is 2.07. The van der Waals surface area contributed by atoms with Crippen LogP contribution in [0.25, 0.3) is 0 Å². The number of fused-ring (bicyclic) bond motifs is 1. The summed E-state index contributed by atoms with van der Waals surface area (Å²) < 4.78 is 0. The fraction of sp³-hybridized carbons (Fsp3) is 0.267. The van der Waals surface area contributed by atoms with E-state index in [4.69, 9.17) is 0 Å². The molecule has 1 aliphatic carbocycles. The Morgan fingerprint density at radius 1 is 1.06 bits per heavy atom. The van der Waals surface area contributed by atoms with Crippen LogP contribution in [0.1, 0.15) is 17.5 Å². The summed E-state index contributed by atoms with van der Waals surface area (Å²) in [6, 6.07) is 12.8. The molecule has 1 aliphatic rings. The number of aryl methyl sites for hydroxylation is 2. The number of benzene rings is 1. The Hall–Kier alpha value is -1.83. The zero-order valence-corrected chi connectivity index (χ0v) is 10.1. The predicted molar refractivity (Wildman–Crippen MR) is 70.8 cm³/mol. The van der Waals surface area contributed by atoms with Crippen molar-refractivity contribution in [3.8, 4) is 0 Å². The minimum absolute atomic E-state index is 0.991. The molecule has 0 unspecified atom stereocenters. The monoisotopic (exact) mass is 224 g/mol. The Morgan fingerprint density at radius 3 is 2.76 bits per heavy atom. The van der Waals surface area contributed by atoms with Gasteiger partial charge < -0.3 is 4.90 Å². The lowest BCUT2D eigenvalue weighted by Gasteiger charge is -2.19. The lowest BCUT2D eigenvalue weighted by Crippen LogP contribution is -2.11. The standard InChI is InChI=1S/C15H16N2/c1-17(15-7-2-3-10-16-15)14-9-8-12-5-4-6-13(12)11-14/h2-3,7-11H,4-6H2,1H3. The minimum atomic E-state index is 0.991. The van der Waals surface area contributed by atoms with Gasteiger partial charge >= 0.3 is 0 Å². The average Bonchev–Trinajstić information content (AvgIpc) is 2.86. The summed E-state index contributed by atoms with van der Waals surface area (Å²) in [5.74, 6) is 0.991. The van der Waals surface area contributed by atoms with Crippen molar-refractivity contribution in [2.24, 2.45) is 0 Å². The third kappa shape index (κ3) is 1.91. The molecular formula is C15H16N2. The smallest absolute Gasteiger partial charge is 0.132 e. The highest BCUT2D eigenvalue weighted by atomic mass is 15.2. The molecule has 3 rings (SSSR count). The Kier molecular flexibility index (Phi) is 2.56. The molecule has 2 heteroatoms. The summed E-state index contributed by atoms with van der Waals surface area (Å²) in [4.78, 5) is 6.51. The van der Waals surface area contributed by atoms with Gasteiger partial charge in [-0.15, -0.1) is 0 Å². The number of pyridine rings is 1. The van der Waals surface area contributed by atoms with Gasteiger partial charge in [0, 0.05) is 18.9 Å². The van der Waals surface area contributed by atoms with Crippen LogP contribution < -0.4 is 4.90 Å². The van der Waals surface area contributed by atoms with E-state index in [0.717, 1.165) is 5.82 Å². The van der Waals surface area contributed by atoms with Crippen LogP contribution in [0.3, 0.4) is 0 Å². The number of rotatable bonds is 2. The van der Waals surface area contributed by atoms with Crippen molar-refractivity contribution in [2.75, 3.05) is 11.9 Å². The SMILES string of the molecule is CN(c1ccc2c(c1)CCC2)c1ccccn1. The minimum Gasteiger partial charge on any atom is -0.329 e. The van der Waals surface area contributed by atoms with Crippen molar-refractivity contribution in [3.05, 3.63) is 53.7 Å². The van der Waals surface area contributed by atoms with Gasteiger partial charge in [0.05, 0.1) is 0 Å². The van der Waals surface area contributed by atoms with E-state index >= 15 is 0 Å². The Balaban J connectivity index is 1.94. The van der Waals surface area contributed by atoms with E-state index in [1.54, 1.807) is 0 Å². The maximum atomic E-state index is 4.37. The van der Waals surface area contributed by atoms with E-state index in [9.17, 15) is 0 Å². The van der Waals surface area contributed by atoms with Crippen molar-refractivity contribution in [3.63, 3.8) is 0 Å². The van der Waals surface area contributed by atoms with Crippen LogP contribution in [0.15, 0.2) is 42.6 Å². The molecule has 0 aliphatic heterocycles. The van der Waals surface area contributed by atoms with Gasteiger partial charge in [-0.05, 0) is 54.7 Å². The number of hydrogen-bond donors (Lipinski definition) is 0. The summed E-state index contributed by atoms with van der Waals surface area (Å²) in [5.41, 5.74) is 4.25. The van der Waals surface area contributed by atoms with E-state index < -0.39 is 0 Å². The lowest BCUT2D eigenvalue weighted by molar-refractivity contribution is 0.911. The molecule has 1 heterocycles. The zero-order chi connectivity index (χ0) is 11.7. The van der Waals surface area contributed by atoms with Gasteiger partial charge in [-0.3, -0.25) is 0 Å². The van der Waals surface area contributed by atoms with Crippen LogP contribution in [0, 0.1) is 0 Å². The zero-order valence-electron chi connectivity index (χ0n) is 10.1. The number of hydrogen-bond acceptors (Lipinski definition) is 2. The number of anilines is 2. The van der Waals surface area contributed by atoms with Crippen molar-refractivity contribution < 1.29 is 0 Å². The van der Waals surface area contributed by atoms with E-state index in [1.807, 2.05) is 24.4 Å². The summed E-state index contributed by atoms with van der Waals surface area (Å²) in [5, 5.41) is 0. The molecule has 0 N–H and O–H groups in total. The third-order valence-electron chi connectivity index (χ3n) is 3.46.